The number of hydrogen-bond donors (Lipinski definition) is 1. The van der Waals surface area contributed by atoms with Gasteiger partial charge in [-0.3, -0.25) is 0 Å². The summed E-state index contributed by atoms with van der Waals surface area (Å²) >= 11 is 5.99. The van der Waals surface area contributed by atoms with Crippen LogP contribution < -0.4 is 4.72 Å². The molecule has 8 heteroatoms. The number of hydrogen-bond acceptors (Lipinski definition) is 4. The van der Waals surface area contributed by atoms with Crippen LogP contribution in [0.5, 0.6) is 0 Å². The van der Waals surface area contributed by atoms with Crippen molar-refractivity contribution >= 4 is 27.9 Å². The second-order valence-corrected chi connectivity index (χ2v) is 5.97. The largest absolute Gasteiger partial charge is 0.452 e. The van der Waals surface area contributed by atoms with Gasteiger partial charge in [0, 0.05) is 13.1 Å². The molecule has 94 valence electrons. The molecule has 1 heterocycles. The summed E-state index contributed by atoms with van der Waals surface area (Å²) in [7, 11) is -2.72. The Bertz CT molecular complexity index is 359. The summed E-state index contributed by atoms with van der Waals surface area (Å²) in [5.41, 5.74) is 0. The molecule has 0 radical (unpaired) electrons. The van der Waals surface area contributed by atoms with Crippen LogP contribution >= 0.6 is 11.6 Å². The number of methoxy groups -OCH3 is 1. The van der Waals surface area contributed by atoms with Gasteiger partial charge in [-0.25, -0.2) is 9.52 Å². The van der Waals surface area contributed by atoms with Crippen LogP contribution in [-0.4, -0.2) is 44.4 Å². The molecule has 0 saturated carbocycles. The third-order valence-electron chi connectivity index (χ3n) is 2.57. The zero-order valence-corrected chi connectivity index (χ0v) is 10.7. The molecule has 1 aliphatic heterocycles. The summed E-state index contributed by atoms with van der Waals surface area (Å²) in [6, 6.07) is 0. The van der Waals surface area contributed by atoms with Gasteiger partial charge in [0.05, 0.1) is 12.5 Å². The molecular weight excluding hydrogens is 256 g/mol. The fourth-order valence-electron chi connectivity index (χ4n) is 1.42. The number of carbonyl (C=O) groups is 1. The molecule has 1 rings (SSSR count). The van der Waals surface area contributed by atoms with Gasteiger partial charge in [-0.15, -0.1) is 11.6 Å². The minimum Gasteiger partial charge on any atom is -0.452 e. The molecule has 16 heavy (non-hydrogen) atoms. The van der Waals surface area contributed by atoms with Crippen molar-refractivity contribution in [3.05, 3.63) is 0 Å². The van der Waals surface area contributed by atoms with Gasteiger partial charge in [0.2, 0.25) is 0 Å². The van der Waals surface area contributed by atoms with Crippen molar-refractivity contribution in [2.24, 2.45) is 5.92 Å². The van der Waals surface area contributed by atoms with Crippen LogP contribution in [-0.2, 0) is 14.9 Å². The standard InChI is InChI=1S/C8H15ClN2O4S/c1-6-3-4-11(5-7(6)9)16(13,14)10-8(12)15-2/h6-7H,3-5H2,1-2H3,(H,10,12). The number of ether oxygens (including phenoxy) is 1. The van der Waals surface area contributed by atoms with E-state index in [1.54, 1.807) is 4.72 Å². The molecular formula is C8H15ClN2O4S. The zero-order valence-electron chi connectivity index (χ0n) is 9.14. The van der Waals surface area contributed by atoms with E-state index in [0.29, 0.717) is 13.0 Å². The van der Waals surface area contributed by atoms with Crippen molar-refractivity contribution in [1.82, 2.24) is 9.03 Å². The number of rotatable bonds is 2. The van der Waals surface area contributed by atoms with Gasteiger partial charge < -0.3 is 4.74 Å². The van der Waals surface area contributed by atoms with Crippen LogP contribution in [0.2, 0.25) is 0 Å². The maximum Gasteiger partial charge on any atom is 0.421 e. The molecule has 0 aromatic rings. The van der Waals surface area contributed by atoms with Crippen LogP contribution in [0.4, 0.5) is 4.79 Å². The van der Waals surface area contributed by atoms with Crippen LogP contribution in [0.1, 0.15) is 13.3 Å². The summed E-state index contributed by atoms with van der Waals surface area (Å²) in [6.07, 6.45) is -0.319. The topological polar surface area (TPSA) is 75.7 Å². The van der Waals surface area contributed by atoms with E-state index in [0.717, 1.165) is 11.4 Å². The molecule has 0 aromatic heterocycles. The Hall–Kier alpha value is -0.530. The lowest BCUT2D eigenvalue weighted by Gasteiger charge is -2.32. The van der Waals surface area contributed by atoms with Gasteiger partial charge in [0.1, 0.15) is 0 Å². The molecule has 2 atom stereocenters. The van der Waals surface area contributed by atoms with Gasteiger partial charge in [0.25, 0.3) is 0 Å². The Labute approximate surface area is 100 Å². The Morgan fingerprint density at radius 1 is 1.56 bits per heavy atom. The molecule has 0 bridgehead atoms. The lowest BCUT2D eigenvalue weighted by atomic mass is 10.0. The normalized spacial score (nSPS) is 27.4. The van der Waals surface area contributed by atoms with Crippen LogP contribution in [0, 0.1) is 5.92 Å². The first-order valence-electron chi connectivity index (χ1n) is 4.86. The molecule has 1 fully saturated rings. The number of nitrogens with zero attached hydrogens (tertiary/aromatic N) is 1. The van der Waals surface area contributed by atoms with E-state index in [9.17, 15) is 13.2 Å². The molecule has 1 amide bonds. The predicted octanol–water partition coefficient (Wildman–Crippen LogP) is 0.536. The van der Waals surface area contributed by atoms with E-state index < -0.39 is 16.3 Å². The monoisotopic (exact) mass is 270 g/mol. The van der Waals surface area contributed by atoms with Gasteiger partial charge in [0.15, 0.2) is 0 Å². The average molecular weight is 271 g/mol. The average Bonchev–Trinajstić information content (AvgIpc) is 2.21. The summed E-state index contributed by atoms with van der Waals surface area (Å²) in [5.74, 6) is 0.270. The van der Waals surface area contributed by atoms with Crippen molar-refractivity contribution < 1.29 is 17.9 Å². The van der Waals surface area contributed by atoms with E-state index in [1.165, 1.54) is 0 Å². The Kier molecular flexibility index (Phi) is 4.40. The summed E-state index contributed by atoms with van der Waals surface area (Å²) in [6.45, 7) is 2.53. The molecule has 1 aliphatic rings. The number of alkyl halides is 1. The third kappa shape index (κ3) is 3.23. The quantitative estimate of drug-likeness (QED) is 0.743. The molecule has 6 nitrogen and oxygen atoms in total. The summed E-state index contributed by atoms with van der Waals surface area (Å²) < 4.78 is 30.5. The highest BCUT2D eigenvalue weighted by molar-refractivity contribution is 7.87. The van der Waals surface area contributed by atoms with Crippen LogP contribution in [0.15, 0.2) is 0 Å². The van der Waals surface area contributed by atoms with Crippen molar-refractivity contribution in [1.29, 1.82) is 0 Å². The second kappa shape index (κ2) is 5.20. The minimum atomic E-state index is -3.83. The molecule has 2 unspecified atom stereocenters. The maximum absolute atomic E-state index is 11.7. The summed E-state index contributed by atoms with van der Waals surface area (Å²) in [5, 5.41) is -0.233. The van der Waals surface area contributed by atoms with E-state index in [1.807, 2.05) is 6.92 Å². The molecule has 1 N–H and O–H groups in total. The highest BCUT2D eigenvalue weighted by atomic mass is 35.5. The molecule has 0 aromatic carbocycles. The lowest BCUT2D eigenvalue weighted by molar-refractivity contribution is 0.176. The van der Waals surface area contributed by atoms with Crippen LogP contribution in [0.25, 0.3) is 0 Å². The lowest BCUT2D eigenvalue weighted by Crippen LogP contribution is -2.49. The number of carbonyl (C=O) groups excluding carboxylic acids is 1. The van der Waals surface area contributed by atoms with E-state index in [2.05, 4.69) is 4.74 Å². The highest BCUT2D eigenvalue weighted by Gasteiger charge is 2.32. The van der Waals surface area contributed by atoms with Gasteiger partial charge in [-0.1, -0.05) is 6.92 Å². The van der Waals surface area contributed by atoms with E-state index in [4.69, 9.17) is 11.6 Å². The maximum atomic E-state index is 11.7. The summed E-state index contributed by atoms with van der Waals surface area (Å²) in [4.78, 5) is 10.8. The van der Waals surface area contributed by atoms with Crippen molar-refractivity contribution in [2.45, 2.75) is 18.7 Å². The smallest absolute Gasteiger partial charge is 0.421 e. The Balaban J connectivity index is 2.67. The number of piperidine rings is 1. The number of amides is 1. The van der Waals surface area contributed by atoms with E-state index >= 15 is 0 Å². The predicted molar refractivity (Wildman–Crippen MR) is 59.5 cm³/mol. The molecule has 1 saturated heterocycles. The number of halogens is 1. The number of nitrogens with one attached hydrogen (secondary N) is 1. The third-order valence-corrected chi connectivity index (χ3v) is 4.57. The van der Waals surface area contributed by atoms with Crippen molar-refractivity contribution in [3.8, 4) is 0 Å². The molecule has 0 spiro atoms. The first-order chi connectivity index (χ1) is 7.36. The fraction of sp³-hybridized carbons (Fsp3) is 0.875. The Morgan fingerprint density at radius 2 is 2.19 bits per heavy atom. The first-order valence-corrected chi connectivity index (χ1v) is 6.74. The minimum absolute atomic E-state index is 0.203. The Morgan fingerprint density at radius 3 is 2.69 bits per heavy atom. The van der Waals surface area contributed by atoms with Crippen molar-refractivity contribution in [2.75, 3.05) is 20.2 Å². The van der Waals surface area contributed by atoms with Gasteiger partial charge in [-0.05, 0) is 12.3 Å². The van der Waals surface area contributed by atoms with Crippen LogP contribution in [0.3, 0.4) is 0 Å². The van der Waals surface area contributed by atoms with E-state index in [-0.39, 0.29) is 17.8 Å². The highest BCUT2D eigenvalue weighted by Crippen LogP contribution is 2.23. The van der Waals surface area contributed by atoms with Gasteiger partial charge >= 0.3 is 16.3 Å². The van der Waals surface area contributed by atoms with Crippen molar-refractivity contribution in [3.63, 3.8) is 0 Å². The molecule has 0 aliphatic carbocycles. The fourth-order valence-corrected chi connectivity index (χ4v) is 2.92. The first kappa shape index (κ1) is 13.5. The van der Waals surface area contributed by atoms with Gasteiger partial charge in [-0.2, -0.15) is 12.7 Å². The second-order valence-electron chi connectivity index (χ2n) is 3.74. The SMILES string of the molecule is COC(=O)NS(=O)(=O)N1CCC(C)C(Cl)C1. The zero-order chi connectivity index (χ0) is 12.3.